The average molecular weight is 287 g/mol. The van der Waals surface area contributed by atoms with Gasteiger partial charge in [0.2, 0.25) is 0 Å². The molecule has 1 atom stereocenters. The first kappa shape index (κ1) is 15.3. The van der Waals surface area contributed by atoms with Gasteiger partial charge in [0.1, 0.15) is 0 Å². The maximum atomic E-state index is 12.5. The number of aromatic nitrogens is 2. The van der Waals surface area contributed by atoms with Crippen molar-refractivity contribution in [2.45, 2.75) is 33.4 Å². The summed E-state index contributed by atoms with van der Waals surface area (Å²) in [5.74, 6) is -0.189. The molecule has 0 saturated carbocycles. The van der Waals surface area contributed by atoms with Gasteiger partial charge in [-0.05, 0) is 26.3 Å². The lowest BCUT2D eigenvalue weighted by Crippen LogP contribution is -2.23. The number of benzene rings is 1. The molecule has 5 heteroatoms. The Bertz CT molecular complexity index is 620. The minimum atomic E-state index is -0.630. The van der Waals surface area contributed by atoms with Crippen LogP contribution in [-0.2, 0) is 16.1 Å². The van der Waals surface area contributed by atoms with Crippen LogP contribution in [0.1, 0.15) is 30.0 Å². The Balaban J connectivity index is 2.23. The lowest BCUT2D eigenvalue weighted by atomic mass is 10.1. The Hall–Kier alpha value is -2.14. The number of carbonyl (C=O) groups excluding carboxylic acids is 1. The standard InChI is InChI=1S/C16H21N3O2/c1-5-19-12(3)14(11(2)18-19)17-16(20)15(21-4)13-9-7-6-8-10-13/h6-10,15H,5H2,1-4H3,(H,17,20). The predicted octanol–water partition coefficient (Wildman–Crippen LogP) is 2.85. The number of rotatable bonds is 5. The lowest BCUT2D eigenvalue weighted by molar-refractivity contribution is -0.126. The number of nitrogens with one attached hydrogen (secondary N) is 1. The molecule has 112 valence electrons. The summed E-state index contributed by atoms with van der Waals surface area (Å²) in [7, 11) is 1.53. The van der Waals surface area contributed by atoms with Crippen molar-refractivity contribution in [1.82, 2.24) is 9.78 Å². The van der Waals surface area contributed by atoms with E-state index in [2.05, 4.69) is 10.4 Å². The Labute approximate surface area is 124 Å². The van der Waals surface area contributed by atoms with E-state index in [0.717, 1.165) is 29.2 Å². The molecule has 0 radical (unpaired) electrons. The highest BCUT2D eigenvalue weighted by molar-refractivity contribution is 5.95. The molecule has 1 amide bonds. The van der Waals surface area contributed by atoms with Gasteiger partial charge in [-0.25, -0.2) is 0 Å². The molecule has 0 bridgehead atoms. The zero-order valence-corrected chi connectivity index (χ0v) is 12.9. The van der Waals surface area contributed by atoms with E-state index in [9.17, 15) is 4.79 Å². The van der Waals surface area contributed by atoms with Crippen molar-refractivity contribution in [3.63, 3.8) is 0 Å². The first-order chi connectivity index (χ1) is 10.1. The maximum absolute atomic E-state index is 12.5. The molecule has 0 aliphatic heterocycles. The number of carbonyl (C=O) groups is 1. The van der Waals surface area contributed by atoms with Crippen LogP contribution in [-0.4, -0.2) is 22.8 Å². The van der Waals surface area contributed by atoms with Crippen molar-refractivity contribution in [2.75, 3.05) is 12.4 Å². The Morgan fingerprint density at radius 1 is 1.33 bits per heavy atom. The summed E-state index contributed by atoms with van der Waals surface area (Å²) >= 11 is 0. The van der Waals surface area contributed by atoms with Crippen LogP contribution in [0, 0.1) is 13.8 Å². The van der Waals surface area contributed by atoms with Crippen LogP contribution >= 0.6 is 0 Å². The summed E-state index contributed by atoms with van der Waals surface area (Å²) in [6, 6.07) is 9.44. The number of amides is 1. The molecule has 21 heavy (non-hydrogen) atoms. The summed E-state index contributed by atoms with van der Waals surface area (Å²) < 4.78 is 7.21. The second-order valence-electron chi connectivity index (χ2n) is 4.88. The molecule has 0 fully saturated rings. The van der Waals surface area contributed by atoms with E-state index in [-0.39, 0.29) is 5.91 Å². The number of anilines is 1. The molecule has 2 rings (SSSR count). The Morgan fingerprint density at radius 2 is 2.00 bits per heavy atom. The molecular formula is C16H21N3O2. The van der Waals surface area contributed by atoms with Crippen molar-refractivity contribution in [1.29, 1.82) is 0 Å². The van der Waals surface area contributed by atoms with Crippen molar-refractivity contribution < 1.29 is 9.53 Å². The summed E-state index contributed by atoms with van der Waals surface area (Å²) in [4.78, 5) is 12.5. The van der Waals surface area contributed by atoms with Crippen molar-refractivity contribution in [2.24, 2.45) is 0 Å². The van der Waals surface area contributed by atoms with Crippen LogP contribution in [0.25, 0.3) is 0 Å². The highest BCUT2D eigenvalue weighted by atomic mass is 16.5. The molecule has 2 aromatic rings. The molecule has 1 unspecified atom stereocenters. The van der Waals surface area contributed by atoms with Gasteiger partial charge in [0.15, 0.2) is 6.10 Å². The zero-order chi connectivity index (χ0) is 15.4. The van der Waals surface area contributed by atoms with Crippen molar-refractivity contribution in [3.05, 3.63) is 47.3 Å². The van der Waals surface area contributed by atoms with Crippen LogP contribution in [0.2, 0.25) is 0 Å². The molecule has 0 spiro atoms. The van der Waals surface area contributed by atoms with Crippen molar-refractivity contribution in [3.8, 4) is 0 Å². The molecule has 1 aromatic heterocycles. The van der Waals surface area contributed by atoms with Gasteiger partial charge in [-0.3, -0.25) is 9.48 Å². The summed E-state index contributed by atoms with van der Waals surface area (Å²) in [5, 5.41) is 7.34. The normalized spacial score (nSPS) is 12.2. The highest BCUT2D eigenvalue weighted by Crippen LogP contribution is 2.23. The second-order valence-corrected chi connectivity index (χ2v) is 4.88. The summed E-state index contributed by atoms with van der Waals surface area (Å²) in [6.45, 7) is 6.63. The van der Waals surface area contributed by atoms with E-state index in [1.807, 2.05) is 55.8 Å². The highest BCUT2D eigenvalue weighted by Gasteiger charge is 2.22. The third-order valence-corrected chi connectivity index (χ3v) is 3.51. The fourth-order valence-corrected chi connectivity index (χ4v) is 2.40. The molecule has 1 aromatic carbocycles. The van der Waals surface area contributed by atoms with Crippen LogP contribution < -0.4 is 5.32 Å². The minimum absolute atomic E-state index is 0.189. The molecule has 1 heterocycles. The van der Waals surface area contributed by atoms with E-state index in [4.69, 9.17) is 4.74 Å². The largest absolute Gasteiger partial charge is 0.367 e. The van der Waals surface area contributed by atoms with Gasteiger partial charge in [0, 0.05) is 13.7 Å². The maximum Gasteiger partial charge on any atom is 0.258 e. The molecule has 0 saturated heterocycles. The number of nitrogens with zero attached hydrogens (tertiary/aromatic N) is 2. The first-order valence-corrected chi connectivity index (χ1v) is 7.01. The van der Waals surface area contributed by atoms with Gasteiger partial charge in [0.05, 0.1) is 17.1 Å². The topological polar surface area (TPSA) is 56.2 Å². The molecule has 0 aliphatic rings. The smallest absolute Gasteiger partial charge is 0.258 e. The molecule has 5 nitrogen and oxygen atoms in total. The number of hydrogen-bond acceptors (Lipinski definition) is 3. The summed E-state index contributed by atoms with van der Waals surface area (Å²) in [5.41, 5.74) is 3.35. The van der Waals surface area contributed by atoms with Gasteiger partial charge >= 0.3 is 0 Å². The van der Waals surface area contributed by atoms with Crippen LogP contribution in [0.4, 0.5) is 5.69 Å². The third kappa shape index (κ3) is 3.13. The van der Waals surface area contributed by atoms with Crippen molar-refractivity contribution >= 4 is 11.6 Å². The van der Waals surface area contributed by atoms with Crippen LogP contribution in [0.3, 0.4) is 0 Å². The quantitative estimate of drug-likeness (QED) is 0.920. The van der Waals surface area contributed by atoms with E-state index in [1.54, 1.807) is 0 Å². The van der Waals surface area contributed by atoms with Gasteiger partial charge in [-0.15, -0.1) is 0 Å². The first-order valence-electron chi connectivity index (χ1n) is 7.01. The fourth-order valence-electron chi connectivity index (χ4n) is 2.40. The number of methoxy groups -OCH3 is 1. The lowest BCUT2D eigenvalue weighted by Gasteiger charge is -2.15. The Morgan fingerprint density at radius 3 is 2.52 bits per heavy atom. The number of aryl methyl sites for hydroxylation is 2. The van der Waals surface area contributed by atoms with E-state index in [1.165, 1.54) is 7.11 Å². The summed E-state index contributed by atoms with van der Waals surface area (Å²) in [6.07, 6.45) is -0.630. The molecule has 1 N–H and O–H groups in total. The van der Waals surface area contributed by atoms with E-state index < -0.39 is 6.10 Å². The third-order valence-electron chi connectivity index (χ3n) is 3.51. The van der Waals surface area contributed by atoms with E-state index in [0.29, 0.717) is 0 Å². The monoisotopic (exact) mass is 287 g/mol. The van der Waals surface area contributed by atoms with Gasteiger partial charge in [0.25, 0.3) is 5.91 Å². The van der Waals surface area contributed by atoms with Gasteiger partial charge in [-0.2, -0.15) is 5.10 Å². The minimum Gasteiger partial charge on any atom is -0.367 e. The SMILES string of the molecule is CCn1nc(C)c(NC(=O)C(OC)c2ccccc2)c1C. The number of ether oxygens (including phenoxy) is 1. The second kappa shape index (κ2) is 6.54. The van der Waals surface area contributed by atoms with Gasteiger partial charge in [-0.1, -0.05) is 30.3 Å². The molecular weight excluding hydrogens is 266 g/mol. The predicted molar refractivity (Wildman–Crippen MR) is 82.2 cm³/mol. The zero-order valence-electron chi connectivity index (χ0n) is 12.9. The Kier molecular flexibility index (Phi) is 4.75. The van der Waals surface area contributed by atoms with Crippen LogP contribution in [0.5, 0.6) is 0 Å². The number of hydrogen-bond donors (Lipinski definition) is 1. The van der Waals surface area contributed by atoms with E-state index >= 15 is 0 Å². The van der Waals surface area contributed by atoms with Gasteiger partial charge < -0.3 is 10.1 Å². The fraction of sp³-hybridized carbons (Fsp3) is 0.375. The van der Waals surface area contributed by atoms with Crippen LogP contribution in [0.15, 0.2) is 30.3 Å². The molecule has 0 aliphatic carbocycles. The average Bonchev–Trinajstić information content (AvgIpc) is 2.76.